The quantitative estimate of drug-likeness (QED) is 0.518. The molecule has 0 aliphatic heterocycles. The molecule has 0 radical (unpaired) electrons. The van der Waals surface area contributed by atoms with E-state index < -0.39 is 10.0 Å². The van der Waals surface area contributed by atoms with E-state index in [0.717, 1.165) is 39.2 Å². The molecule has 29 heavy (non-hydrogen) atoms. The van der Waals surface area contributed by atoms with E-state index in [9.17, 15) is 8.42 Å². The van der Waals surface area contributed by atoms with E-state index in [1.54, 1.807) is 12.1 Å². The van der Waals surface area contributed by atoms with Crippen molar-refractivity contribution in [3.05, 3.63) is 83.2 Å². The minimum atomic E-state index is -3.68. The standard InChI is InChI=1S/C23H23N3O2S/c1-15-8-10-20(12-18(15)4)29(27,28)25-21-13-19(9-7-16(21)2)22-14-26-11-5-6-17(3)23(26)24-22/h5-14,25H,1-4H3. The number of aromatic nitrogens is 2. The maximum Gasteiger partial charge on any atom is 0.261 e. The van der Waals surface area contributed by atoms with Crippen molar-refractivity contribution >= 4 is 21.4 Å². The fourth-order valence-electron chi connectivity index (χ4n) is 3.27. The van der Waals surface area contributed by atoms with Gasteiger partial charge in [0, 0.05) is 18.0 Å². The second-order valence-corrected chi connectivity index (χ2v) is 9.11. The molecule has 1 N–H and O–H groups in total. The lowest BCUT2D eigenvalue weighted by molar-refractivity contribution is 0.601. The Hall–Kier alpha value is -3.12. The summed E-state index contributed by atoms with van der Waals surface area (Å²) in [5.41, 5.74) is 7.03. The van der Waals surface area contributed by atoms with Crippen molar-refractivity contribution < 1.29 is 8.42 Å². The van der Waals surface area contributed by atoms with E-state index in [0.29, 0.717) is 5.69 Å². The molecule has 0 saturated heterocycles. The smallest absolute Gasteiger partial charge is 0.261 e. The van der Waals surface area contributed by atoms with E-state index in [2.05, 4.69) is 4.72 Å². The van der Waals surface area contributed by atoms with Crippen molar-refractivity contribution in [3.8, 4) is 11.3 Å². The van der Waals surface area contributed by atoms with Crippen LogP contribution in [0.15, 0.2) is 65.8 Å². The number of fused-ring (bicyclic) bond motifs is 1. The van der Waals surface area contributed by atoms with E-state index in [-0.39, 0.29) is 4.90 Å². The van der Waals surface area contributed by atoms with Gasteiger partial charge >= 0.3 is 0 Å². The van der Waals surface area contributed by atoms with Crippen molar-refractivity contribution in [1.82, 2.24) is 9.38 Å². The average Bonchev–Trinajstić information content (AvgIpc) is 3.11. The van der Waals surface area contributed by atoms with Crippen LogP contribution in [0.25, 0.3) is 16.9 Å². The van der Waals surface area contributed by atoms with Gasteiger partial charge in [0.1, 0.15) is 5.65 Å². The van der Waals surface area contributed by atoms with E-state index in [1.165, 1.54) is 0 Å². The molecule has 0 spiro atoms. The molecule has 0 unspecified atom stereocenters. The lowest BCUT2D eigenvalue weighted by Crippen LogP contribution is -2.14. The highest BCUT2D eigenvalue weighted by molar-refractivity contribution is 7.92. The fraction of sp³-hybridized carbons (Fsp3) is 0.174. The largest absolute Gasteiger partial charge is 0.306 e. The Morgan fingerprint density at radius 1 is 0.862 bits per heavy atom. The summed E-state index contributed by atoms with van der Waals surface area (Å²) in [6.07, 6.45) is 3.91. The van der Waals surface area contributed by atoms with Crippen LogP contribution in [0.3, 0.4) is 0 Å². The number of anilines is 1. The summed E-state index contributed by atoms with van der Waals surface area (Å²) in [5, 5.41) is 0. The molecule has 4 rings (SSSR count). The van der Waals surface area contributed by atoms with Crippen LogP contribution in [0.2, 0.25) is 0 Å². The number of pyridine rings is 1. The predicted octanol–water partition coefficient (Wildman–Crippen LogP) is 5.04. The van der Waals surface area contributed by atoms with Gasteiger partial charge in [-0.05, 0) is 74.2 Å². The Morgan fingerprint density at radius 3 is 2.34 bits per heavy atom. The normalized spacial score (nSPS) is 11.7. The number of hydrogen-bond acceptors (Lipinski definition) is 3. The minimum absolute atomic E-state index is 0.258. The first-order valence-electron chi connectivity index (χ1n) is 9.40. The van der Waals surface area contributed by atoms with Crippen molar-refractivity contribution in [2.45, 2.75) is 32.6 Å². The van der Waals surface area contributed by atoms with Gasteiger partial charge < -0.3 is 4.40 Å². The highest BCUT2D eigenvalue weighted by Gasteiger charge is 2.17. The zero-order valence-corrected chi connectivity index (χ0v) is 17.7. The molecule has 5 nitrogen and oxygen atoms in total. The molecule has 2 heterocycles. The van der Waals surface area contributed by atoms with Gasteiger partial charge in [0.15, 0.2) is 0 Å². The molecule has 2 aromatic heterocycles. The van der Waals surface area contributed by atoms with Crippen LogP contribution in [0.4, 0.5) is 5.69 Å². The highest BCUT2D eigenvalue weighted by Crippen LogP contribution is 2.28. The van der Waals surface area contributed by atoms with Crippen LogP contribution in [-0.4, -0.2) is 17.8 Å². The molecule has 148 valence electrons. The molecule has 0 atom stereocenters. The Bertz CT molecular complexity index is 1340. The fourth-order valence-corrected chi connectivity index (χ4v) is 4.48. The summed E-state index contributed by atoms with van der Waals surface area (Å²) < 4.78 is 30.6. The van der Waals surface area contributed by atoms with Gasteiger partial charge in [0.2, 0.25) is 0 Å². The number of benzene rings is 2. The first-order valence-corrected chi connectivity index (χ1v) is 10.9. The van der Waals surface area contributed by atoms with Crippen LogP contribution in [-0.2, 0) is 10.0 Å². The van der Waals surface area contributed by atoms with Gasteiger partial charge in [-0.15, -0.1) is 0 Å². The lowest BCUT2D eigenvalue weighted by atomic mass is 10.1. The highest BCUT2D eigenvalue weighted by atomic mass is 32.2. The molecule has 0 aliphatic rings. The SMILES string of the molecule is Cc1ccc(S(=O)(=O)Nc2cc(-c3cn4cccc(C)c4n3)ccc2C)cc1C. The van der Waals surface area contributed by atoms with Gasteiger partial charge in [-0.1, -0.05) is 24.3 Å². The second kappa shape index (κ2) is 7.04. The summed E-state index contributed by atoms with van der Waals surface area (Å²) in [5.74, 6) is 0. The third-order valence-corrected chi connectivity index (χ3v) is 6.61. The molecule has 0 bridgehead atoms. The van der Waals surface area contributed by atoms with Crippen molar-refractivity contribution in [3.63, 3.8) is 0 Å². The van der Waals surface area contributed by atoms with Crippen LogP contribution < -0.4 is 4.72 Å². The topological polar surface area (TPSA) is 63.5 Å². The van der Waals surface area contributed by atoms with E-state index in [1.807, 2.05) is 80.9 Å². The van der Waals surface area contributed by atoms with Gasteiger partial charge in [0.05, 0.1) is 16.3 Å². The molecule has 4 aromatic rings. The lowest BCUT2D eigenvalue weighted by Gasteiger charge is -2.13. The molecule has 2 aromatic carbocycles. The second-order valence-electron chi connectivity index (χ2n) is 7.43. The monoisotopic (exact) mass is 405 g/mol. The Morgan fingerprint density at radius 2 is 1.62 bits per heavy atom. The number of nitrogens with zero attached hydrogens (tertiary/aromatic N) is 2. The molecule has 0 saturated carbocycles. The summed E-state index contributed by atoms with van der Waals surface area (Å²) in [6.45, 7) is 7.77. The van der Waals surface area contributed by atoms with Gasteiger partial charge in [-0.2, -0.15) is 0 Å². The number of imidazole rings is 1. The molecule has 0 fully saturated rings. The van der Waals surface area contributed by atoms with Gasteiger partial charge in [-0.25, -0.2) is 13.4 Å². The van der Waals surface area contributed by atoms with Crippen molar-refractivity contribution in [2.75, 3.05) is 4.72 Å². The summed E-state index contributed by atoms with van der Waals surface area (Å²) >= 11 is 0. The zero-order chi connectivity index (χ0) is 20.8. The van der Waals surface area contributed by atoms with Crippen molar-refractivity contribution in [2.24, 2.45) is 0 Å². The van der Waals surface area contributed by atoms with Crippen LogP contribution >= 0.6 is 0 Å². The first-order chi connectivity index (χ1) is 13.7. The summed E-state index contributed by atoms with van der Waals surface area (Å²) in [6, 6.07) is 14.9. The Balaban J connectivity index is 1.73. The number of nitrogens with one attached hydrogen (secondary N) is 1. The first kappa shape index (κ1) is 19.2. The predicted molar refractivity (Wildman–Crippen MR) is 117 cm³/mol. The number of hydrogen-bond donors (Lipinski definition) is 1. The maximum atomic E-state index is 12.9. The molecular weight excluding hydrogens is 382 g/mol. The summed E-state index contributed by atoms with van der Waals surface area (Å²) in [7, 11) is -3.68. The van der Waals surface area contributed by atoms with Crippen molar-refractivity contribution in [1.29, 1.82) is 0 Å². The zero-order valence-electron chi connectivity index (χ0n) is 16.9. The molecule has 6 heteroatoms. The Kier molecular flexibility index (Phi) is 4.67. The van der Waals surface area contributed by atoms with Gasteiger partial charge in [-0.3, -0.25) is 4.72 Å². The van der Waals surface area contributed by atoms with Crippen LogP contribution in [0.1, 0.15) is 22.3 Å². The number of aryl methyl sites for hydroxylation is 4. The molecule has 0 aliphatic carbocycles. The van der Waals surface area contributed by atoms with Crippen LogP contribution in [0.5, 0.6) is 0 Å². The van der Waals surface area contributed by atoms with E-state index >= 15 is 0 Å². The average molecular weight is 406 g/mol. The number of sulfonamides is 1. The maximum absolute atomic E-state index is 12.9. The van der Waals surface area contributed by atoms with Gasteiger partial charge in [0.25, 0.3) is 10.0 Å². The number of rotatable bonds is 4. The molecule has 0 amide bonds. The third kappa shape index (κ3) is 3.63. The third-order valence-electron chi connectivity index (χ3n) is 5.24. The summed E-state index contributed by atoms with van der Waals surface area (Å²) in [4.78, 5) is 4.97. The minimum Gasteiger partial charge on any atom is -0.306 e. The molecular formula is C23H23N3O2S. The van der Waals surface area contributed by atoms with Crippen LogP contribution in [0, 0.1) is 27.7 Å². The van der Waals surface area contributed by atoms with E-state index in [4.69, 9.17) is 4.98 Å². The Labute approximate surface area is 171 Å².